The molecule has 1 aromatic carbocycles. The summed E-state index contributed by atoms with van der Waals surface area (Å²) >= 11 is 3.14. The molecule has 2 heterocycles. The van der Waals surface area contributed by atoms with E-state index in [1.807, 2.05) is 4.90 Å². The molecule has 0 aliphatic carbocycles. The zero-order valence-corrected chi connectivity index (χ0v) is 13.6. The maximum atomic E-state index is 13.3. The van der Waals surface area contributed by atoms with Crippen LogP contribution in [0, 0.1) is 11.2 Å². The number of nitrogens with one attached hydrogen (secondary N) is 1. The normalized spacial score (nSPS) is 21.5. The lowest BCUT2D eigenvalue weighted by atomic mass is 9.71. The van der Waals surface area contributed by atoms with Crippen molar-refractivity contribution in [2.24, 2.45) is 5.41 Å². The van der Waals surface area contributed by atoms with Crippen LogP contribution in [0.5, 0.6) is 0 Å². The van der Waals surface area contributed by atoms with Crippen LogP contribution in [0.25, 0.3) is 0 Å². The Bertz CT molecular complexity index is 533. The van der Waals surface area contributed by atoms with E-state index >= 15 is 0 Å². The number of likely N-dealkylation sites (tertiary alicyclic amines) is 1. The maximum Gasteiger partial charge on any atom is 0.253 e. The number of amides is 1. The first kappa shape index (κ1) is 15.0. The van der Waals surface area contributed by atoms with Gasteiger partial charge in [0.1, 0.15) is 5.82 Å². The molecule has 1 spiro atoms. The third-order valence-corrected chi connectivity index (χ3v) is 5.55. The molecule has 1 N–H and O–H groups in total. The summed E-state index contributed by atoms with van der Waals surface area (Å²) in [7, 11) is 0. The van der Waals surface area contributed by atoms with Crippen molar-refractivity contribution in [2.45, 2.75) is 25.7 Å². The highest BCUT2D eigenvalue weighted by atomic mass is 79.9. The van der Waals surface area contributed by atoms with E-state index in [0.29, 0.717) is 15.5 Å². The fourth-order valence-electron chi connectivity index (χ4n) is 3.45. The van der Waals surface area contributed by atoms with Gasteiger partial charge >= 0.3 is 0 Å². The van der Waals surface area contributed by atoms with Crippen LogP contribution in [0.15, 0.2) is 22.7 Å². The number of halogens is 2. The molecule has 0 bridgehead atoms. The average molecular weight is 355 g/mol. The second-order valence-electron chi connectivity index (χ2n) is 6.17. The van der Waals surface area contributed by atoms with Crippen molar-refractivity contribution in [3.8, 4) is 0 Å². The summed E-state index contributed by atoms with van der Waals surface area (Å²) in [6.45, 7) is 3.82. The molecule has 21 heavy (non-hydrogen) atoms. The Morgan fingerprint density at radius 3 is 2.48 bits per heavy atom. The quantitative estimate of drug-likeness (QED) is 0.839. The lowest BCUT2D eigenvalue weighted by Gasteiger charge is -2.44. The van der Waals surface area contributed by atoms with Gasteiger partial charge in [-0.25, -0.2) is 4.39 Å². The number of nitrogens with zero attached hydrogens (tertiary/aromatic N) is 1. The molecular weight excluding hydrogens is 335 g/mol. The number of carbonyl (C=O) groups is 1. The van der Waals surface area contributed by atoms with Gasteiger partial charge in [-0.1, -0.05) is 0 Å². The maximum absolute atomic E-state index is 13.3. The van der Waals surface area contributed by atoms with Crippen LogP contribution in [0.1, 0.15) is 36.0 Å². The van der Waals surface area contributed by atoms with Gasteiger partial charge in [0.05, 0.1) is 4.47 Å². The first-order valence-electron chi connectivity index (χ1n) is 7.55. The molecule has 0 unspecified atom stereocenters. The minimum Gasteiger partial charge on any atom is -0.339 e. The van der Waals surface area contributed by atoms with Crippen LogP contribution in [0.4, 0.5) is 4.39 Å². The van der Waals surface area contributed by atoms with Crippen molar-refractivity contribution < 1.29 is 9.18 Å². The standard InChI is InChI=1S/C16H20BrFN2O/c17-13-11-12(1-2-14(13)18)15(21)20-9-5-16(6-10-20)3-7-19-8-4-16/h1-2,11,19H,3-10H2. The van der Waals surface area contributed by atoms with Crippen molar-refractivity contribution in [1.82, 2.24) is 10.2 Å². The van der Waals surface area contributed by atoms with Gasteiger partial charge in [-0.2, -0.15) is 0 Å². The van der Waals surface area contributed by atoms with E-state index in [-0.39, 0.29) is 11.7 Å². The second-order valence-corrected chi connectivity index (χ2v) is 7.03. The minimum atomic E-state index is -0.334. The van der Waals surface area contributed by atoms with Gasteiger partial charge in [-0.3, -0.25) is 4.79 Å². The van der Waals surface area contributed by atoms with Crippen LogP contribution in [-0.2, 0) is 0 Å². The predicted octanol–water partition coefficient (Wildman–Crippen LogP) is 3.19. The molecule has 3 nitrogen and oxygen atoms in total. The van der Waals surface area contributed by atoms with Gasteiger partial charge in [0.15, 0.2) is 0 Å². The lowest BCUT2D eigenvalue weighted by Crippen LogP contribution is -2.47. The topological polar surface area (TPSA) is 32.3 Å². The molecule has 0 radical (unpaired) electrons. The second kappa shape index (κ2) is 6.05. The third-order valence-electron chi connectivity index (χ3n) is 4.94. The fraction of sp³-hybridized carbons (Fsp3) is 0.562. The summed E-state index contributed by atoms with van der Waals surface area (Å²) in [6.07, 6.45) is 4.61. The summed E-state index contributed by atoms with van der Waals surface area (Å²) in [5.41, 5.74) is 0.996. The number of piperidine rings is 2. The molecule has 1 amide bonds. The third kappa shape index (κ3) is 3.14. The monoisotopic (exact) mass is 354 g/mol. The Kier molecular flexibility index (Phi) is 4.31. The Hall–Kier alpha value is -0.940. The first-order valence-corrected chi connectivity index (χ1v) is 8.34. The van der Waals surface area contributed by atoms with Gasteiger partial charge in [0.25, 0.3) is 5.91 Å². The molecule has 0 atom stereocenters. The van der Waals surface area contributed by atoms with E-state index in [0.717, 1.165) is 39.0 Å². The number of rotatable bonds is 1. The summed E-state index contributed by atoms with van der Waals surface area (Å²) in [5.74, 6) is -0.321. The van der Waals surface area contributed by atoms with Crippen LogP contribution in [0.2, 0.25) is 0 Å². The first-order chi connectivity index (χ1) is 10.1. The number of carbonyl (C=O) groups excluding carboxylic acids is 1. The van der Waals surface area contributed by atoms with Gasteiger partial charge in [-0.05, 0) is 78.3 Å². The van der Waals surface area contributed by atoms with Gasteiger partial charge in [0, 0.05) is 18.7 Å². The van der Waals surface area contributed by atoms with Crippen molar-refractivity contribution in [3.63, 3.8) is 0 Å². The Balaban J connectivity index is 1.65. The SMILES string of the molecule is O=C(c1ccc(F)c(Br)c1)N1CCC2(CCNCC2)CC1. The molecule has 1 aromatic rings. The van der Waals surface area contributed by atoms with Crippen LogP contribution in [0.3, 0.4) is 0 Å². The van der Waals surface area contributed by atoms with Crippen molar-refractivity contribution in [3.05, 3.63) is 34.1 Å². The van der Waals surface area contributed by atoms with Crippen LogP contribution >= 0.6 is 15.9 Å². The molecule has 0 saturated carbocycles. The fourth-order valence-corrected chi connectivity index (χ4v) is 3.83. The Labute approximate surface area is 133 Å². The van der Waals surface area contributed by atoms with Gasteiger partial charge in [-0.15, -0.1) is 0 Å². The van der Waals surface area contributed by atoms with E-state index in [1.54, 1.807) is 12.1 Å². The van der Waals surface area contributed by atoms with E-state index < -0.39 is 0 Å². The summed E-state index contributed by atoms with van der Waals surface area (Å²) in [6, 6.07) is 4.49. The molecule has 2 saturated heterocycles. The van der Waals surface area contributed by atoms with Crippen molar-refractivity contribution in [1.29, 1.82) is 0 Å². The summed E-state index contributed by atoms with van der Waals surface area (Å²) in [5, 5.41) is 3.41. The summed E-state index contributed by atoms with van der Waals surface area (Å²) < 4.78 is 13.6. The molecule has 0 aromatic heterocycles. The lowest BCUT2D eigenvalue weighted by molar-refractivity contribution is 0.0495. The predicted molar refractivity (Wildman–Crippen MR) is 83.8 cm³/mol. The zero-order valence-electron chi connectivity index (χ0n) is 12.0. The number of hydrogen-bond donors (Lipinski definition) is 1. The molecule has 3 rings (SSSR count). The van der Waals surface area contributed by atoms with E-state index in [9.17, 15) is 9.18 Å². The highest BCUT2D eigenvalue weighted by Crippen LogP contribution is 2.39. The van der Waals surface area contributed by atoms with Crippen molar-refractivity contribution in [2.75, 3.05) is 26.2 Å². The summed E-state index contributed by atoms with van der Waals surface area (Å²) in [4.78, 5) is 14.4. The van der Waals surface area contributed by atoms with E-state index in [1.165, 1.54) is 18.9 Å². The number of hydrogen-bond acceptors (Lipinski definition) is 2. The molecule has 2 aliphatic heterocycles. The molecule has 2 aliphatic rings. The molecule has 5 heteroatoms. The molecular formula is C16H20BrFN2O. The molecule has 114 valence electrons. The molecule has 2 fully saturated rings. The Morgan fingerprint density at radius 1 is 1.19 bits per heavy atom. The zero-order chi connectivity index (χ0) is 14.9. The van der Waals surface area contributed by atoms with E-state index in [4.69, 9.17) is 0 Å². The van der Waals surface area contributed by atoms with Gasteiger partial charge in [0.2, 0.25) is 0 Å². The minimum absolute atomic E-state index is 0.0134. The van der Waals surface area contributed by atoms with E-state index in [2.05, 4.69) is 21.2 Å². The van der Waals surface area contributed by atoms with Crippen LogP contribution in [-0.4, -0.2) is 37.0 Å². The number of benzene rings is 1. The highest BCUT2D eigenvalue weighted by molar-refractivity contribution is 9.10. The largest absolute Gasteiger partial charge is 0.339 e. The Morgan fingerprint density at radius 2 is 1.86 bits per heavy atom. The average Bonchev–Trinajstić information content (AvgIpc) is 2.51. The van der Waals surface area contributed by atoms with Gasteiger partial charge < -0.3 is 10.2 Å². The highest BCUT2D eigenvalue weighted by Gasteiger charge is 2.36. The smallest absolute Gasteiger partial charge is 0.253 e. The van der Waals surface area contributed by atoms with Crippen molar-refractivity contribution >= 4 is 21.8 Å². The van der Waals surface area contributed by atoms with Crippen LogP contribution < -0.4 is 5.32 Å².